The summed E-state index contributed by atoms with van der Waals surface area (Å²) in [5.74, 6) is -1.23. The molecule has 0 atom stereocenters. The number of rotatable bonds is 6. The molecule has 0 spiro atoms. The van der Waals surface area contributed by atoms with E-state index in [4.69, 9.17) is 22.4 Å². The fraction of sp³-hybridized carbons (Fsp3) is 0.303. The van der Waals surface area contributed by atoms with E-state index in [2.05, 4.69) is 67.6 Å². The Hall–Kier alpha value is -3.63. The highest BCUT2D eigenvalue weighted by Crippen LogP contribution is 2.41. The van der Waals surface area contributed by atoms with E-state index in [9.17, 15) is 18.0 Å². The highest BCUT2D eigenvalue weighted by atomic mass is 79.9. The van der Waals surface area contributed by atoms with Crippen molar-refractivity contribution in [1.82, 2.24) is 9.97 Å². The zero-order valence-electron chi connectivity index (χ0n) is 23.7. The third kappa shape index (κ3) is 7.35. The average molecular weight is 688 g/mol. The lowest BCUT2D eigenvalue weighted by molar-refractivity contribution is -0.141. The van der Waals surface area contributed by atoms with Crippen molar-refractivity contribution in [2.24, 2.45) is 5.92 Å². The Morgan fingerprint density at radius 1 is 1.05 bits per heavy atom. The molecule has 4 N–H and O–H groups in total. The lowest BCUT2D eigenvalue weighted by atomic mass is 9.84. The fourth-order valence-electron chi connectivity index (χ4n) is 5.84. The van der Waals surface area contributed by atoms with Gasteiger partial charge in [0.25, 0.3) is 0 Å². The van der Waals surface area contributed by atoms with E-state index in [0.717, 1.165) is 18.0 Å². The zero-order chi connectivity index (χ0) is 31.4. The van der Waals surface area contributed by atoms with Crippen LogP contribution in [0.25, 0.3) is 11.1 Å². The summed E-state index contributed by atoms with van der Waals surface area (Å²) >= 11 is 9.07. The van der Waals surface area contributed by atoms with E-state index >= 15 is 0 Å². The first kappa shape index (κ1) is 31.8. The second-order valence-electron chi connectivity index (χ2n) is 11.1. The van der Waals surface area contributed by atoms with Crippen LogP contribution in [0.15, 0.2) is 65.3 Å². The van der Waals surface area contributed by atoms with Crippen LogP contribution in [0.3, 0.4) is 0 Å². The van der Waals surface area contributed by atoms with Crippen LogP contribution < -0.4 is 11.1 Å². The number of halogens is 5. The number of aromatic carboxylic acids is 1. The number of fused-ring (bicyclic) bond motifs is 3. The Labute approximate surface area is 267 Å². The van der Waals surface area contributed by atoms with Crippen molar-refractivity contribution in [3.8, 4) is 11.1 Å². The van der Waals surface area contributed by atoms with Gasteiger partial charge in [-0.1, -0.05) is 102 Å². The molecule has 0 amide bonds. The van der Waals surface area contributed by atoms with Crippen molar-refractivity contribution in [2.45, 2.75) is 57.7 Å². The second kappa shape index (κ2) is 13.6. The Morgan fingerprint density at radius 2 is 1.77 bits per heavy atom. The number of anilines is 2. The predicted octanol–water partition coefficient (Wildman–Crippen LogP) is 9.18. The molecule has 11 heteroatoms. The Bertz CT molecular complexity index is 1680. The number of nitrogens with one attached hydrogen (secondary N) is 1. The van der Waals surface area contributed by atoms with Crippen molar-refractivity contribution < 1.29 is 23.1 Å². The van der Waals surface area contributed by atoms with Gasteiger partial charge in [-0.25, -0.2) is 14.8 Å². The largest absolute Gasteiger partial charge is 0.478 e. The van der Waals surface area contributed by atoms with Crippen LogP contribution in [0.2, 0.25) is 5.02 Å². The number of carboxylic acids is 1. The molecule has 0 aliphatic heterocycles. The van der Waals surface area contributed by atoms with Gasteiger partial charge in [0.1, 0.15) is 5.56 Å². The summed E-state index contributed by atoms with van der Waals surface area (Å²) in [5, 5.41) is 11.9. The Balaban J connectivity index is 0.000000175. The molecule has 44 heavy (non-hydrogen) atoms. The summed E-state index contributed by atoms with van der Waals surface area (Å²) in [7, 11) is 0. The molecular formula is C33H31BrClF3N4O2. The third-order valence-electron chi connectivity index (χ3n) is 8.10. The minimum absolute atomic E-state index is 0.126. The number of nitrogen functional groups attached to an aromatic ring is 1. The van der Waals surface area contributed by atoms with E-state index < -0.39 is 23.4 Å². The van der Waals surface area contributed by atoms with Gasteiger partial charge in [0.15, 0.2) is 5.69 Å². The number of hydrogen-bond donors (Lipinski definition) is 3. The second-order valence-corrected chi connectivity index (χ2v) is 12.3. The van der Waals surface area contributed by atoms with Gasteiger partial charge < -0.3 is 16.2 Å². The van der Waals surface area contributed by atoms with Gasteiger partial charge >= 0.3 is 12.1 Å². The van der Waals surface area contributed by atoms with Gasteiger partial charge in [0.2, 0.25) is 5.95 Å². The highest BCUT2D eigenvalue weighted by molar-refractivity contribution is 9.10. The third-order valence-corrected chi connectivity index (χ3v) is 9.07. The van der Waals surface area contributed by atoms with Crippen molar-refractivity contribution in [3.05, 3.63) is 104 Å². The minimum Gasteiger partial charge on any atom is -0.478 e. The molecule has 4 aromatic rings. The standard InChI is InChI=1S/C20H23N.C13H8BrClF3N3O2/c21-20-16(12-14-6-2-1-3-7-14)10-11-18-17-9-5-4-8-15(17)13-19(18)20;14-9-3-7(15)2-1-6(9)4-19-12-20-5-8(11(22)23)10(21-12)13(16,17)18/h4-5,8-11,14H,1-3,6-7,12-13,21H2;1-3,5H,4H2,(H,22,23)(H,19,20,21). The van der Waals surface area contributed by atoms with E-state index in [1.807, 2.05) is 0 Å². The molecule has 0 bridgehead atoms. The first-order chi connectivity index (χ1) is 21.0. The van der Waals surface area contributed by atoms with Crippen LogP contribution in [0.5, 0.6) is 0 Å². The van der Waals surface area contributed by atoms with Crippen LogP contribution in [0, 0.1) is 5.92 Å². The maximum Gasteiger partial charge on any atom is 0.434 e. The molecule has 0 saturated heterocycles. The number of hydrogen-bond acceptors (Lipinski definition) is 5. The molecule has 230 valence electrons. The molecule has 2 aliphatic rings. The molecule has 3 aromatic carbocycles. The van der Waals surface area contributed by atoms with Crippen LogP contribution in [-0.2, 0) is 25.6 Å². The predicted molar refractivity (Wildman–Crippen MR) is 170 cm³/mol. The Morgan fingerprint density at radius 3 is 2.48 bits per heavy atom. The summed E-state index contributed by atoms with van der Waals surface area (Å²) in [5.41, 5.74) is 12.7. The summed E-state index contributed by atoms with van der Waals surface area (Å²) in [4.78, 5) is 17.7. The maximum atomic E-state index is 12.9. The van der Waals surface area contributed by atoms with Crippen LogP contribution in [0.4, 0.5) is 24.8 Å². The fourth-order valence-corrected chi connectivity index (χ4v) is 6.67. The summed E-state index contributed by atoms with van der Waals surface area (Å²) in [6.07, 6.45) is 4.91. The van der Waals surface area contributed by atoms with Gasteiger partial charge in [0, 0.05) is 34.3 Å². The molecule has 1 heterocycles. The van der Waals surface area contributed by atoms with Crippen LogP contribution in [0.1, 0.15) is 70.4 Å². The van der Waals surface area contributed by atoms with Crippen molar-refractivity contribution in [2.75, 3.05) is 11.1 Å². The van der Waals surface area contributed by atoms with E-state index in [1.54, 1.807) is 18.2 Å². The average Bonchev–Trinajstić information content (AvgIpc) is 3.38. The number of benzene rings is 3. The number of nitrogens with two attached hydrogens (primary N) is 1. The highest BCUT2D eigenvalue weighted by Gasteiger charge is 2.38. The molecule has 6 rings (SSSR count). The Kier molecular flexibility index (Phi) is 9.80. The smallest absolute Gasteiger partial charge is 0.434 e. The molecule has 1 saturated carbocycles. The van der Waals surface area contributed by atoms with Gasteiger partial charge in [-0.05, 0) is 57.9 Å². The molecule has 2 aliphatic carbocycles. The number of alkyl halides is 3. The molecular weight excluding hydrogens is 657 g/mol. The zero-order valence-corrected chi connectivity index (χ0v) is 26.1. The SMILES string of the molecule is Nc1c(CC2CCCCC2)ccc2c1Cc1ccccc1-2.O=C(O)c1cnc(NCc2ccc(Cl)cc2Br)nc1C(F)(F)F. The van der Waals surface area contributed by atoms with E-state index in [0.29, 0.717) is 21.3 Å². The lowest BCUT2D eigenvalue weighted by Crippen LogP contribution is -2.18. The topological polar surface area (TPSA) is 101 Å². The summed E-state index contributed by atoms with van der Waals surface area (Å²) < 4.78 is 39.2. The monoisotopic (exact) mass is 686 g/mol. The molecule has 1 aromatic heterocycles. The van der Waals surface area contributed by atoms with Crippen LogP contribution in [-0.4, -0.2) is 21.0 Å². The van der Waals surface area contributed by atoms with Gasteiger partial charge in [-0.2, -0.15) is 13.2 Å². The molecule has 6 nitrogen and oxygen atoms in total. The number of carboxylic acid groups (broad SMARTS) is 1. The van der Waals surface area contributed by atoms with Gasteiger partial charge in [-0.15, -0.1) is 0 Å². The quantitative estimate of drug-likeness (QED) is 0.154. The molecule has 1 fully saturated rings. The van der Waals surface area contributed by atoms with E-state index in [1.165, 1.54) is 66.3 Å². The minimum atomic E-state index is -4.89. The lowest BCUT2D eigenvalue weighted by Gasteiger charge is -2.22. The number of aromatic nitrogens is 2. The van der Waals surface area contributed by atoms with Crippen LogP contribution >= 0.6 is 27.5 Å². The van der Waals surface area contributed by atoms with E-state index in [-0.39, 0.29) is 12.5 Å². The first-order valence-electron chi connectivity index (χ1n) is 14.3. The first-order valence-corrected chi connectivity index (χ1v) is 15.5. The van der Waals surface area contributed by atoms with Crippen molar-refractivity contribution >= 4 is 45.1 Å². The van der Waals surface area contributed by atoms with Gasteiger partial charge in [0.05, 0.1) is 0 Å². The maximum absolute atomic E-state index is 12.9. The normalized spacial score (nSPS) is 14.3. The molecule has 0 unspecified atom stereocenters. The summed E-state index contributed by atoms with van der Waals surface area (Å²) in [6.45, 7) is 0.126. The van der Waals surface area contributed by atoms with Crippen molar-refractivity contribution in [3.63, 3.8) is 0 Å². The van der Waals surface area contributed by atoms with Gasteiger partial charge in [-0.3, -0.25) is 0 Å². The van der Waals surface area contributed by atoms with Crippen molar-refractivity contribution in [1.29, 1.82) is 0 Å². The molecule has 0 radical (unpaired) electrons. The summed E-state index contributed by atoms with van der Waals surface area (Å²) in [6, 6.07) is 18.2. The number of carbonyl (C=O) groups is 1. The number of nitrogens with zero attached hydrogens (tertiary/aromatic N) is 2.